The first-order chi connectivity index (χ1) is 6.34. The Morgan fingerprint density at radius 3 is 3.08 bits per heavy atom. The van der Waals surface area contributed by atoms with Gasteiger partial charge in [-0.1, -0.05) is 6.07 Å². The molecule has 1 atom stereocenters. The van der Waals surface area contributed by atoms with E-state index >= 15 is 0 Å². The lowest BCUT2D eigenvalue weighted by atomic mass is 10.3. The van der Waals surface area contributed by atoms with E-state index in [1.165, 1.54) is 11.3 Å². The van der Waals surface area contributed by atoms with E-state index in [9.17, 15) is 0 Å². The lowest BCUT2D eigenvalue weighted by Crippen LogP contribution is -2.15. The molecule has 1 fully saturated rings. The number of thioether (sulfide) groups is 1. The minimum atomic E-state index is 0.375. The summed E-state index contributed by atoms with van der Waals surface area (Å²) in [6.45, 7) is 2.03. The Labute approximate surface area is 82.7 Å². The van der Waals surface area contributed by atoms with Crippen molar-refractivity contribution in [1.29, 1.82) is 0 Å². The molecule has 0 bridgehead atoms. The van der Waals surface area contributed by atoms with Crippen molar-refractivity contribution in [2.45, 2.75) is 19.4 Å². The number of ether oxygens (including phenoxy) is 1. The zero-order valence-electron chi connectivity index (χ0n) is 7.69. The fraction of sp³-hybridized carbons (Fsp3) is 0.500. The summed E-state index contributed by atoms with van der Waals surface area (Å²) >= 11 is 1.95. The van der Waals surface area contributed by atoms with Crippen LogP contribution in [0.5, 0.6) is 5.88 Å². The van der Waals surface area contributed by atoms with Crippen LogP contribution in [0.3, 0.4) is 0 Å². The van der Waals surface area contributed by atoms with Gasteiger partial charge in [0.2, 0.25) is 5.88 Å². The standard InChI is InChI=1S/C10H13NOS/c1-8-2-3-10(11-6-8)12-9-4-5-13-7-9/h2-3,6,9H,4-5,7H2,1H3. The van der Waals surface area contributed by atoms with E-state index in [0.717, 1.165) is 18.1 Å². The predicted octanol–water partition coefficient (Wildman–Crippen LogP) is 2.27. The Hall–Kier alpha value is -0.700. The highest BCUT2D eigenvalue weighted by Gasteiger charge is 2.16. The van der Waals surface area contributed by atoms with Crippen molar-refractivity contribution in [2.75, 3.05) is 11.5 Å². The van der Waals surface area contributed by atoms with Crippen molar-refractivity contribution in [3.63, 3.8) is 0 Å². The molecular formula is C10H13NOS. The van der Waals surface area contributed by atoms with Crippen LogP contribution in [0.4, 0.5) is 0 Å². The van der Waals surface area contributed by atoms with Crippen molar-refractivity contribution >= 4 is 11.8 Å². The Morgan fingerprint density at radius 1 is 1.54 bits per heavy atom. The minimum Gasteiger partial charge on any atom is -0.473 e. The molecule has 0 aliphatic carbocycles. The predicted molar refractivity (Wildman–Crippen MR) is 55.3 cm³/mol. The van der Waals surface area contributed by atoms with Crippen molar-refractivity contribution in [3.05, 3.63) is 23.9 Å². The summed E-state index contributed by atoms with van der Waals surface area (Å²) in [6, 6.07) is 3.97. The highest BCUT2D eigenvalue weighted by Crippen LogP contribution is 2.21. The topological polar surface area (TPSA) is 22.1 Å². The van der Waals surface area contributed by atoms with Gasteiger partial charge >= 0.3 is 0 Å². The molecule has 1 saturated heterocycles. The van der Waals surface area contributed by atoms with Gasteiger partial charge in [-0.15, -0.1) is 0 Å². The lowest BCUT2D eigenvalue weighted by molar-refractivity contribution is 0.220. The van der Waals surface area contributed by atoms with Crippen LogP contribution < -0.4 is 4.74 Å². The van der Waals surface area contributed by atoms with Gasteiger partial charge < -0.3 is 4.74 Å². The van der Waals surface area contributed by atoms with E-state index in [1.807, 2.05) is 37.0 Å². The molecule has 3 heteroatoms. The number of hydrogen-bond donors (Lipinski definition) is 0. The fourth-order valence-corrected chi connectivity index (χ4v) is 2.39. The fourth-order valence-electron chi connectivity index (χ4n) is 1.30. The lowest BCUT2D eigenvalue weighted by Gasteiger charge is -2.10. The highest BCUT2D eigenvalue weighted by atomic mass is 32.2. The van der Waals surface area contributed by atoms with Crippen LogP contribution in [-0.4, -0.2) is 22.6 Å². The first-order valence-electron chi connectivity index (χ1n) is 4.51. The molecule has 0 radical (unpaired) electrons. The maximum absolute atomic E-state index is 5.70. The van der Waals surface area contributed by atoms with Crippen LogP contribution >= 0.6 is 11.8 Å². The highest BCUT2D eigenvalue weighted by molar-refractivity contribution is 7.99. The third-order valence-corrected chi connectivity index (χ3v) is 3.19. The van der Waals surface area contributed by atoms with Crippen LogP contribution in [0.1, 0.15) is 12.0 Å². The van der Waals surface area contributed by atoms with Crippen LogP contribution in [0.15, 0.2) is 18.3 Å². The van der Waals surface area contributed by atoms with Gasteiger partial charge in [0.1, 0.15) is 6.10 Å². The molecule has 1 aliphatic heterocycles. The van der Waals surface area contributed by atoms with Gasteiger partial charge in [-0.25, -0.2) is 4.98 Å². The molecule has 0 N–H and O–H groups in total. The average molecular weight is 195 g/mol. The second kappa shape index (κ2) is 4.01. The molecule has 0 aromatic carbocycles. The molecule has 0 spiro atoms. The van der Waals surface area contributed by atoms with Crippen LogP contribution in [0.25, 0.3) is 0 Å². The van der Waals surface area contributed by atoms with E-state index < -0.39 is 0 Å². The van der Waals surface area contributed by atoms with Gasteiger partial charge in [0.15, 0.2) is 0 Å². The average Bonchev–Trinajstić information content (AvgIpc) is 2.62. The van der Waals surface area contributed by atoms with Gasteiger partial charge in [-0.2, -0.15) is 11.8 Å². The summed E-state index contributed by atoms with van der Waals surface area (Å²) in [5, 5.41) is 0. The molecule has 1 unspecified atom stereocenters. The van der Waals surface area contributed by atoms with Gasteiger partial charge in [-0.05, 0) is 24.7 Å². The molecule has 1 aromatic rings. The van der Waals surface area contributed by atoms with E-state index in [2.05, 4.69) is 4.98 Å². The Kier molecular flexibility index (Phi) is 2.74. The van der Waals surface area contributed by atoms with Crippen LogP contribution in [0, 0.1) is 6.92 Å². The minimum absolute atomic E-state index is 0.375. The SMILES string of the molecule is Cc1ccc(OC2CCSC2)nc1. The Balaban J connectivity index is 1.97. The van der Waals surface area contributed by atoms with Crippen molar-refractivity contribution in [2.24, 2.45) is 0 Å². The summed E-state index contributed by atoms with van der Waals surface area (Å²) < 4.78 is 5.70. The number of pyridine rings is 1. The summed E-state index contributed by atoms with van der Waals surface area (Å²) in [4.78, 5) is 4.21. The number of aryl methyl sites for hydroxylation is 1. The monoisotopic (exact) mass is 195 g/mol. The van der Waals surface area contributed by atoms with E-state index in [-0.39, 0.29) is 0 Å². The van der Waals surface area contributed by atoms with Crippen molar-refractivity contribution in [1.82, 2.24) is 4.98 Å². The third-order valence-electron chi connectivity index (χ3n) is 2.06. The number of aromatic nitrogens is 1. The summed E-state index contributed by atoms with van der Waals surface area (Å²) in [5.74, 6) is 3.09. The molecule has 1 aromatic heterocycles. The van der Waals surface area contributed by atoms with Crippen LogP contribution in [-0.2, 0) is 0 Å². The van der Waals surface area contributed by atoms with E-state index in [1.54, 1.807) is 0 Å². The maximum atomic E-state index is 5.70. The largest absolute Gasteiger partial charge is 0.473 e. The van der Waals surface area contributed by atoms with Crippen LogP contribution in [0.2, 0.25) is 0 Å². The van der Waals surface area contributed by atoms with Crippen molar-refractivity contribution in [3.8, 4) is 5.88 Å². The molecular weight excluding hydrogens is 182 g/mol. The first kappa shape index (κ1) is 8.88. The maximum Gasteiger partial charge on any atom is 0.213 e. The van der Waals surface area contributed by atoms with Gasteiger partial charge in [0, 0.05) is 18.0 Å². The molecule has 2 heterocycles. The zero-order valence-corrected chi connectivity index (χ0v) is 8.51. The number of nitrogens with zero attached hydrogens (tertiary/aromatic N) is 1. The zero-order chi connectivity index (χ0) is 9.10. The molecule has 0 saturated carbocycles. The van der Waals surface area contributed by atoms with Gasteiger partial charge in [0.05, 0.1) is 0 Å². The van der Waals surface area contributed by atoms with E-state index in [4.69, 9.17) is 4.74 Å². The van der Waals surface area contributed by atoms with E-state index in [0.29, 0.717) is 6.10 Å². The third kappa shape index (κ3) is 2.37. The van der Waals surface area contributed by atoms with Gasteiger partial charge in [0.25, 0.3) is 0 Å². The smallest absolute Gasteiger partial charge is 0.213 e. The first-order valence-corrected chi connectivity index (χ1v) is 5.67. The Morgan fingerprint density at radius 2 is 2.46 bits per heavy atom. The second-order valence-electron chi connectivity index (χ2n) is 3.28. The summed E-state index contributed by atoms with van der Waals surface area (Å²) in [6.07, 6.45) is 3.37. The molecule has 1 aliphatic rings. The van der Waals surface area contributed by atoms with Gasteiger partial charge in [-0.3, -0.25) is 0 Å². The quantitative estimate of drug-likeness (QED) is 0.722. The molecule has 0 amide bonds. The summed E-state index contributed by atoms with van der Waals surface area (Å²) in [7, 11) is 0. The number of hydrogen-bond acceptors (Lipinski definition) is 3. The second-order valence-corrected chi connectivity index (χ2v) is 4.43. The normalized spacial score (nSPS) is 21.8. The molecule has 13 heavy (non-hydrogen) atoms. The Bertz CT molecular complexity index is 267. The molecule has 70 valence electrons. The van der Waals surface area contributed by atoms with Crippen molar-refractivity contribution < 1.29 is 4.74 Å². The molecule has 2 nitrogen and oxygen atoms in total. The number of rotatable bonds is 2. The molecule has 2 rings (SSSR count). The summed E-state index contributed by atoms with van der Waals surface area (Å²) in [5.41, 5.74) is 1.17.